The summed E-state index contributed by atoms with van der Waals surface area (Å²) in [5, 5.41) is 9.29. The van der Waals surface area contributed by atoms with E-state index in [0.29, 0.717) is 19.6 Å². The molecule has 2 aliphatic rings. The molecule has 17 heavy (non-hydrogen) atoms. The second-order valence-corrected chi connectivity index (χ2v) is 6.21. The van der Waals surface area contributed by atoms with Gasteiger partial charge >= 0.3 is 5.97 Å². The largest absolute Gasteiger partial charge is 0.481 e. The molecular weight excluding hydrogens is 238 g/mol. The molecule has 0 radical (unpaired) electrons. The van der Waals surface area contributed by atoms with Gasteiger partial charge in [-0.1, -0.05) is 0 Å². The summed E-state index contributed by atoms with van der Waals surface area (Å²) in [5.41, 5.74) is 5.49. The van der Waals surface area contributed by atoms with E-state index in [1.54, 1.807) is 0 Å². The minimum Gasteiger partial charge on any atom is -0.481 e. The third kappa shape index (κ3) is 2.95. The normalized spacial score (nSPS) is 35.0. The van der Waals surface area contributed by atoms with Crippen molar-refractivity contribution in [2.45, 2.75) is 31.3 Å². The van der Waals surface area contributed by atoms with E-state index in [4.69, 9.17) is 10.5 Å². The zero-order valence-corrected chi connectivity index (χ0v) is 10.9. The summed E-state index contributed by atoms with van der Waals surface area (Å²) < 4.78 is 5.92. The van der Waals surface area contributed by atoms with E-state index < -0.39 is 5.97 Å². The van der Waals surface area contributed by atoms with E-state index >= 15 is 0 Å². The Morgan fingerprint density at radius 3 is 3.06 bits per heavy atom. The quantitative estimate of drug-likeness (QED) is 0.797. The van der Waals surface area contributed by atoms with E-state index in [1.807, 2.05) is 11.8 Å². The number of carboxylic acids is 1. The fourth-order valence-corrected chi connectivity index (χ4v) is 4.39. The van der Waals surface area contributed by atoms with Gasteiger partial charge in [-0.25, -0.2) is 0 Å². The lowest BCUT2D eigenvalue weighted by Crippen LogP contribution is -2.43. The van der Waals surface area contributed by atoms with Crippen molar-refractivity contribution < 1.29 is 14.6 Å². The summed E-state index contributed by atoms with van der Waals surface area (Å²) >= 11 is 1.92. The molecule has 3 N–H and O–H groups in total. The van der Waals surface area contributed by atoms with E-state index in [1.165, 1.54) is 0 Å². The fourth-order valence-electron chi connectivity index (χ4n) is 3.01. The minimum atomic E-state index is -0.692. The van der Waals surface area contributed by atoms with Gasteiger partial charge in [0.05, 0.1) is 11.5 Å². The number of carboxylic acid groups (broad SMARTS) is 1. The summed E-state index contributed by atoms with van der Waals surface area (Å²) in [4.78, 5) is 11.3. The fraction of sp³-hybridized carbons (Fsp3) is 0.917. The number of hydrogen-bond donors (Lipinski definition) is 2. The summed E-state index contributed by atoms with van der Waals surface area (Å²) in [6.45, 7) is 1.16. The van der Waals surface area contributed by atoms with Crippen LogP contribution in [0.1, 0.15) is 25.7 Å². The Morgan fingerprint density at radius 1 is 1.65 bits per heavy atom. The van der Waals surface area contributed by atoms with Crippen LogP contribution in [0.3, 0.4) is 0 Å². The predicted octanol–water partition coefficient (Wildman–Crippen LogP) is 1.34. The van der Waals surface area contributed by atoms with E-state index in [0.717, 1.165) is 30.8 Å². The lowest BCUT2D eigenvalue weighted by atomic mass is 9.77. The average molecular weight is 259 g/mol. The van der Waals surface area contributed by atoms with Gasteiger partial charge in [0.15, 0.2) is 0 Å². The molecular formula is C12H21NO3S. The average Bonchev–Trinajstić information content (AvgIpc) is 2.73. The van der Waals surface area contributed by atoms with Crippen LogP contribution in [-0.4, -0.2) is 41.3 Å². The van der Waals surface area contributed by atoms with Crippen LogP contribution < -0.4 is 5.73 Å². The highest BCUT2D eigenvalue weighted by Gasteiger charge is 2.43. The molecule has 4 nitrogen and oxygen atoms in total. The van der Waals surface area contributed by atoms with Crippen LogP contribution in [0.2, 0.25) is 0 Å². The first kappa shape index (κ1) is 13.2. The van der Waals surface area contributed by atoms with E-state index in [2.05, 4.69) is 0 Å². The van der Waals surface area contributed by atoms with Crippen molar-refractivity contribution in [3.63, 3.8) is 0 Å². The van der Waals surface area contributed by atoms with Crippen molar-refractivity contribution in [1.29, 1.82) is 0 Å². The number of thioether (sulfide) groups is 1. The van der Waals surface area contributed by atoms with Crippen LogP contribution in [0.25, 0.3) is 0 Å². The molecule has 2 heterocycles. The topological polar surface area (TPSA) is 72.6 Å². The van der Waals surface area contributed by atoms with Crippen molar-refractivity contribution in [3.05, 3.63) is 0 Å². The molecule has 2 saturated heterocycles. The number of ether oxygens (including phenoxy) is 1. The van der Waals surface area contributed by atoms with Crippen molar-refractivity contribution in [2.24, 2.45) is 17.6 Å². The molecule has 2 rings (SSSR count). The third-order valence-electron chi connectivity index (χ3n) is 3.96. The molecule has 5 heteroatoms. The summed E-state index contributed by atoms with van der Waals surface area (Å²) in [6, 6.07) is 0. The van der Waals surface area contributed by atoms with Gasteiger partial charge in [-0.3, -0.25) is 4.79 Å². The first-order valence-electron chi connectivity index (χ1n) is 6.31. The third-order valence-corrected chi connectivity index (χ3v) is 5.19. The highest BCUT2D eigenvalue weighted by molar-refractivity contribution is 7.99. The second kappa shape index (κ2) is 5.59. The maximum absolute atomic E-state index is 11.3. The van der Waals surface area contributed by atoms with E-state index in [9.17, 15) is 9.90 Å². The minimum absolute atomic E-state index is 0.0319. The molecule has 2 aliphatic heterocycles. The van der Waals surface area contributed by atoms with Crippen molar-refractivity contribution in [1.82, 2.24) is 0 Å². The van der Waals surface area contributed by atoms with Gasteiger partial charge in [-0.05, 0) is 43.9 Å². The molecule has 1 spiro atoms. The van der Waals surface area contributed by atoms with Crippen LogP contribution in [0.4, 0.5) is 0 Å². The van der Waals surface area contributed by atoms with Crippen LogP contribution in [-0.2, 0) is 9.53 Å². The predicted molar refractivity (Wildman–Crippen MR) is 68.1 cm³/mol. The molecule has 0 bridgehead atoms. The highest BCUT2D eigenvalue weighted by atomic mass is 32.2. The second-order valence-electron chi connectivity index (χ2n) is 5.11. The van der Waals surface area contributed by atoms with Crippen LogP contribution >= 0.6 is 11.8 Å². The maximum atomic E-state index is 11.3. The van der Waals surface area contributed by atoms with Crippen LogP contribution in [0, 0.1) is 11.8 Å². The van der Waals surface area contributed by atoms with Crippen molar-refractivity contribution >= 4 is 17.7 Å². The summed E-state index contributed by atoms with van der Waals surface area (Å²) in [6.07, 6.45) is 3.42. The molecule has 0 aromatic heterocycles. The Labute approximate surface area is 106 Å². The molecule has 0 aromatic carbocycles. The van der Waals surface area contributed by atoms with Gasteiger partial charge in [0.1, 0.15) is 0 Å². The molecule has 2 fully saturated rings. The maximum Gasteiger partial charge on any atom is 0.306 e. The Hall–Kier alpha value is -0.260. The Bertz CT molecular complexity index is 279. The van der Waals surface area contributed by atoms with E-state index in [-0.39, 0.29) is 17.4 Å². The van der Waals surface area contributed by atoms with Gasteiger partial charge in [-0.15, -0.1) is 0 Å². The van der Waals surface area contributed by atoms with Gasteiger partial charge in [0, 0.05) is 12.4 Å². The number of carbonyl (C=O) groups is 1. The lowest BCUT2D eigenvalue weighted by molar-refractivity contribution is -0.149. The smallest absolute Gasteiger partial charge is 0.306 e. The SMILES string of the molecule is NCCC(C(=O)O)C1CCOC2(CCSC2)C1. The van der Waals surface area contributed by atoms with Crippen LogP contribution in [0.5, 0.6) is 0 Å². The Kier molecular flexibility index (Phi) is 4.33. The van der Waals surface area contributed by atoms with Crippen molar-refractivity contribution in [2.75, 3.05) is 24.7 Å². The highest BCUT2D eigenvalue weighted by Crippen LogP contribution is 2.43. The number of hydrogen-bond acceptors (Lipinski definition) is 4. The number of nitrogens with two attached hydrogens (primary N) is 1. The first-order chi connectivity index (χ1) is 8.17. The molecule has 0 aromatic rings. The number of rotatable bonds is 4. The summed E-state index contributed by atoms with van der Waals surface area (Å²) in [7, 11) is 0. The zero-order chi connectivity index (χ0) is 12.3. The molecule has 3 unspecified atom stereocenters. The molecule has 0 amide bonds. The zero-order valence-electron chi connectivity index (χ0n) is 10.1. The monoisotopic (exact) mass is 259 g/mol. The molecule has 98 valence electrons. The Morgan fingerprint density at radius 2 is 2.47 bits per heavy atom. The molecule has 0 aliphatic carbocycles. The van der Waals surface area contributed by atoms with Crippen LogP contribution in [0.15, 0.2) is 0 Å². The summed E-state index contributed by atoms with van der Waals surface area (Å²) in [5.74, 6) is 1.43. The lowest BCUT2D eigenvalue weighted by Gasteiger charge is -2.39. The standard InChI is InChI=1S/C12H21NO3S/c13-4-1-10(11(14)15)9-2-5-16-12(7-9)3-6-17-8-12/h9-10H,1-8,13H2,(H,14,15). The Balaban J connectivity index is 2.02. The first-order valence-corrected chi connectivity index (χ1v) is 7.47. The van der Waals surface area contributed by atoms with Gasteiger partial charge < -0.3 is 15.6 Å². The van der Waals surface area contributed by atoms with Gasteiger partial charge in [-0.2, -0.15) is 11.8 Å². The number of aliphatic carboxylic acids is 1. The molecule has 3 atom stereocenters. The van der Waals surface area contributed by atoms with Gasteiger partial charge in [0.25, 0.3) is 0 Å². The van der Waals surface area contributed by atoms with Gasteiger partial charge in [0.2, 0.25) is 0 Å². The molecule has 0 saturated carbocycles. The van der Waals surface area contributed by atoms with Crippen molar-refractivity contribution in [3.8, 4) is 0 Å².